The van der Waals surface area contributed by atoms with Gasteiger partial charge in [-0.3, -0.25) is 10.7 Å². The quantitative estimate of drug-likeness (QED) is 0.880. The number of rotatable bonds is 1. The molecule has 1 aromatic heterocycles. The number of ether oxygens (including phenoxy) is 1. The molecule has 1 unspecified atom stereocenters. The molecule has 0 amide bonds. The minimum Gasteiger partial charge on any atom is -0.435 e. The molecule has 90 valence electrons. The van der Waals surface area contributed by atoms with Crippen molar-refractivity contribution in [2.24, 2.45) is 16.0 Å². The molecule has 0 saturated carbocycles. The van der Waals surface area contributed by atoms with Crippen molar-refractivity contribution in [1.82, 2.24) is 4.98 Å². The normalized spacial score (nSPS) is 20.6. The molecule has 2 heterocycles. The van der Waals surface area contributed by atoms with Crippen molar-refractivity contribution < 1.29 is 4.74 Å². The maximum atomic E-state index is 5.45. The van der Waals surface area contributed by atoms with E-state index in [1.54, 1.807) is 12.3 Å². The molecule has 2 aromatic rings. The van der Waals surface area contributed by atoms with Crippen LogP contribution >= 0.6 is 15.9 Å². The first-order valence-corrected chi connectivity index (χ1v) is 6.10. The highest BCUT2D eigenvalue weighted by molar-refractivity contribution is 9.10. The number of hydrogen-bond donors (Lipinski definition) is 1. The highest BCUT2D eigenvalue weighted by Gasteiger charge is 2.11. The SMILES string of the molecule is NC1N=NC(=Cc2ccc3ncc(Br)cc3c2)O1. The van der Waals surface area contributed by atoms with Crippen molar-refractivity contribution in [3.63, 3.8) is 0 Å². The van der Waals surface area contributed by atoms with Gasteiger partial charge >= 0.3 is 0 Å². The van der Waals surface area contributed by atoms with Crippen LogP contribution in [0.4, 0.5) is 0 Å². The molecular weight excluding hydrogens is 296 g/mol. The Morgan fingerprint density at radius 2 is 2.22 bits per heavy atom. The van der Waals surface area contributed by atoms with Gasteiger partial charge < -0.3 is 4.74 Å². The highest BCUT2D eigenvalue weighted by atomic mass is 79.9. The second kappa shape index (κ2) is 4.47. The van der Waals surface area contributed by atoms with E-state index in [9.17, 15) is 0 Å². The Hall–Kier alpha value is -1.79. The number of azo groups is 1. The van der Waals surface area contributed by atoms with Crippen LogP contribution < -0.4 is 5.73 Å². The van der Waals surface area contributed by atoms with Gasteiger partial charge in [-0.05, 0) is 39.7 Å². The van der Waals surface area contributed by atoms with Crippen LogP contribution in [0.25, 0.3) is 17.0 Å². The Labute approximate surface area is 111 Å². The van der Waals surface area contributed by atoms with Crippen molar-refractivity contribution >= 4 is 32.9 Å². The van der Waals surface area contributed by atoms with E-state index in [4.69, 9.17) is 10.5 Å². The highest BCUT2D eigenvalue weighted by Crippen LogP contribution is 2.21. The molecule has 0 radical (unpaired) electrons. The second-order valence-electron chi connectivity index (χ2n) is 3.81. The molecule has 0 aliphatic carbocycles. The van der Waals surface area contributed by atoms with Crippen LogP contribution in [0.3, 0.4) is 0 Å². The molecule has 5 nitrogen and oxygen atoms in total. The maximum Gasteiger partial charge on any atom is 0.265 e. The van der Waals surface area contributed by atoms with Gasteiger partial charge in [0.1, 0.15) is 0 Å². The number of nitrogens with zero attached hydrogens (tertiary/aromatic N) is 3. The number of fused-ring (bicyclic) bond motifs is 1. The van der Waals surface area contributed by atoms with Crippen molar-refractivity contribution in [3.05, 3.63) is 46.4 Å². The summed E-state index contributed by atoms with van der Waals surface area (Å²) in [5, 5.41) is 8.55. The van der Waals surface area contributed by atoms with Crippen molar-refractivity contribution in [2.45, 2.75) is 6.35 Å². The van der Waals surface area contributed by atoms with Gasteiger partial charge in [0.25, 0.3) is 6.35 Å². The summed E-state index contributed by atoms with van der Waals surface area (Å²) in [5.41, 5.74) is 7.35. The lowest BCUT2D eigenvalue weighted by Crippen LogP contribution is -2.15. The topological polar surface area (TPSA) is 72.9 Å². The van der Waals surface area contributed by atoms with Crippen molar-refractivity contribution in [3.8, 4) is 0 Å². The number of benzene rings is 1. The molecule has 6 heteroatoms. The Balaban J connectivity index is 2.01. The lowest BCUT2D eigenvalue weighted by Gasteiger charge is -2.01. The van der Waals surface area contributed by atoms with E-state index in [0.717, 1.165) is 20.9 Å². The molecule has 3 rings (SSSR count). The second-order valence-corrected chi connectivity index (χ2v) is 4.73. The van der Waals surface area contributed by atoms with Crippen LogP contribution in [0.2, 0.25) is 0 Å². The van der Waals surface area contributed by atoms with Crippen LogP contribution in [0.5, 0.6) is 0 Å². The third-order valence-corrected chi connectivity index (χ3v) is 2.91. The molecule has 1 aromatic carbocycles. The lowest BCUT2D eigenvalue weighted by molar-refractivity contribution is 0.162. The van der Waals surface area contributed by atoms with Gasteiger partial charge in [0.2, 0.25) is 5.88 Å². The molecule has 0 spiro atoms. The summed E-state index contributed by atoms with van der Waals surface area (Å²) in [6.07, 6.45) is 2.87. The van der Waals surface area contributed by atoms with Gasteiger partial charge in [-0.15, -0.1) is 10.2 Å². The zero-order valence-corrected chi connectivity index (χ0v) is 10.8. The summed E-state index contributed by atoms with van der Waals surface area (Å²) in [7, 11) is 0. The standard InChI is InChI=1S/C12H9BrN4O/c13-9-5-8-3-7(1-2-10(8)15-6-9)4-11-16-17-12(14)18-11/h1-6,12H,14H2. The van der Waals surface area contributed by atoms with E-state index in [0.29, 0.717) is 5.88 Å². The molecule has 1 aliphatic heterocycles. The largest absolute Gasteiger partial charge is 0.435 e. The predicted octanol–water partition coefficient (Wildman–Crippen LogP) is 3.02. The molecule has 0 bridgehead atoms. The summed E-state index contributed by atoms with van der Waals surface area (Å²) in [6, 6.07) is 7.90. The molecule has 18 heavy (non-hydrogen) atoms. The molecular formula is C12H9BrN4O. The Bertz CT molecular complexity index is 668. The van der Waals surface area contributed by atoms with Gasteiger partial charge in [0, 0.05) is 22.1 Å². The molecule has 1 aliphatic rings. The van der Waals surface area contributed by atoms with Crippen LogP contribution in [0, 0.1) is 0 Å². The number of halogens is 1. The van der Waals surface area contributed by atoms with Crippen LogP contribution in [0.15, 0.2) is 51.0 Å². The number of aromatic nitrogens is 1. The van der Waals surface area contributed by atoms with E-state index in [1.807, 2.05) is 24.3 Å². The maximum absolute atomic E-state index is 5.45. The Morgan fingerprint density at radius 3 is 3.00 bits per heavy atom. The van der Waals surface area contributed by atoms with Crippen LogP contribution in [-0.2, 0) is 4.74 Å². The van der Waals surface area contributed by atoms with E-state index in [-0.39, 0.29) is 0 Å². The minimum atomic E-state index is -0.687. The third kappa shape index (κ3) is 2.25. The third-order valence-electron chi connectivity index (χ3n) is 2.47. The van der Waals surface area contributed by atoms with E-state index in [2.05, 4.69) is 31.1 Å². The molecule has 1 atom stereocenters. The van der Waals surface area contributed by atoms with E-state index >= 15 is 0 Å². The van der Waals surface area contributed by atoms with Crippen molar-refractivity contribution in [1.29, 1.82) is 0 Å². The van der Waals surface area contributed by atoms with Crippen LogP contribution in [0.1, 0.15) is 5.56 Å². The van der Waals surface area contributed by atoms with E-state index < -0.39 is 6.35 Å². The lowest BCUT2D eigenvalue weighted by atomic mass is 10.1. The molecule has 0 saturated heterocycles. The fraction of sp³-hybridized carbons (Fsp3) is 0.0833. The monoisotopic (exact) mass is 304 g/mol. The summed E-state index contributed by atoms with van der Waals surface area (Å²) in [5.74, 6) is 0.421. The Kier molecular flexibility index (Phi) is 2.81. The van der Waals surface area contributed by atoms with Gasteiger partial charge in [-0.2, -0.15) is 0 Å². The summed E-state index contributed by atoms with van der Waals surface area (Å²) >= 11 is 3.40. The van der Waals surface area contributed by atoms with Gasteiger partial charge in [-0.25, -0.2) is 0 Å². The smallest absolute Gasteiger partial charge is 0.265 e. The van der Waals surface area contributed by atoms with E-state index in [1.165, 1.54) is 0 Å². The zero-order chi connectivity index (χ0) is 12.5. The average Bonchev–Trinajstić information content (AvgIpc) is 2.74. The van der Waals surface area contributed by atoms with Crippen LogP contribution in [-0.4, -0.2) is 11.3 Å². The van der Waals surface area contributed by atoms with Gasteiger partial charge in [0.05, 0.1) is 5.52 Å². The number of hydrogen-bond acceptors (Lipinski definition) is 5. The summed E-state index contributed by atoms with van der Waals surface area (Å²) < 4.78 is 6.12. The predicted molar refractivity (Wildman–Crippen MR) is 71.3 cm³/mol. The summed E-state index contributed by atoms with van der Waals surface area (Å²) in [6.45, 7) is 0. The first kappa shape index (κ1) is 11.3. The fourth-order valence-corrected chi connectivity index (χ4v) is 2.05. The zero-order valence-electron chi connectivity index (χ0n) is 9.25. The fourth-order valence-electron chi connectivity index (χ4n) is 1.70. The van der Waals surface area contributed by atoms with Gasteiger partial charge in [-0.1, -0.05) is 6.07 Å². The van der Waals surface area contributed by atoms with Gasteiger partial charge in [0.15, 0.2) is 0 Å². The first-order valence-electron chi connectivity index (χ1n) is 5.31. The average molecular weight is 305 g/mol. The number of pyridine rings is 1. The number of nitrogens with two attached hydrogens (primary N) is 1. The summed E-state index contributed by atoms with van der Waals surface area (Å²) in [4.78, 5) is 4.30. The minimum absolute atomic E-state index is 0.421. The first-order chi connectivity index (χ1) is 8.70. The Morgan fingerprint density at radius 1 is 1.33 bits per heavy atom. The molecule has 2 N–H and O–H groups in total. The molecule has 0 fully saturated rings. The van der Waals surface area contributed by atoms with Crippen molar-refractivity contribution in [2.75, 3.05) is 0 Å².